The lowest BCUT2D eigenvalue weighted by Gasteiger charge is -2.34. The van der Waals surface area contributed by atoms with E-state index >= 15 is 4.39 Å². The molecule has 3 aromatic carbocycles. The highest BCUT2D eigenvalue weighted by atomic mass is 19.1. The lowest BCUT2D eigenvalue weighted by molar-refractivity contribution is 0.0233. The highest BCUT2D eigenvalue weighted by Gasteiger charge is 2.31. The van der Waals surface area contributed by atoms with E-state index in [0.717, 1.165) is 40.3 Å². The molecule has 0 radical (unpaired) electrons. The van der Waals surface area contributed by atoms with Crippen LogP contribution in [0.4, 0.5) is 8.78 Å². The molecule has 6 rings (SSSR count). The zero-order valence-corrected chi connectivity index (χ0v) is 19.6. The van der Waals surface area contributed by atoms with Crippen molar-refractivity contribution in [2.24, 2.45) is 5.41 Å². The summed E-state index contributed by atoms with van der Waals surface area (Å²) < 4.78 is 38.3. The first-order valence-electron chi connectivity index (χ1n) is 12.0. The molecule has 0 aliphatic carbocycles. The summed E-state index contributed by atoms with van der Waals surface area (Å²) in [6.07, 6.45) is 3.61. The lowest BCUT2D eigenvalue weighted by Crippen LogP contribution is -2.29. The number of hydrogen-bond acceptors (Lipinski definition) is 2. The standard InChI is InChI=1S/C30H26F2N2O/c1-30(13-16-35-17-14-30)19-24-25(31)11-10-23(29(24)32)26-18-20(12-15-33-26)34-27-8-4-2-6-21(27)22-7-3-5-9-28(22)34/h2-12,15,18H,13-14,16-17,19H2,1H3. The van der Waals surface area contributed by atoms with E-state index < -0.39 is 11.6 Å². The summed E-state index contributed by atoms with van der Waals surface area (Å²) in [5.74, 6) is -1.03. The van der Waals surface area contributed by atoms with Gasteiger partial charge in [-0.25, -0.2) is 8.78 Å². The summed E-state index contributed by atoms with van der Waals surface area (Å²) in [7, 11) is 0. The Labute approximate surface area is 203 Å². The minimum atomic E-state index is -0.524. The smallest absolute Gasteiger partial charge is 0.138 e. The van der Waals surface area contributed by atoms with Crippen LogP contribution >= 0.6 is 0 Å². The molecule has 1 aliphatic heterocycles. The van der Waals surface area contributed by atoms with Crippen LogP contribution in [0.2, 0.25) is 0 Å². The fourth-order valence-corrected chi connectivity index (χ4v) is 5.33. The topological polar surface area (TPSA) is 27.1 Å². The number of hydrogen-bond donors (Lipinski definition) is 0. The van der Waals surface area contributed by atoms with Gasteiger partial charge in [0, 0.05) is 47.0 Å². The van der Waals surface area contributed by atoms with Crippen molar-refractivity contribution in [2.75, 3.05) is 13.2 Å². The predicted molar refractivity (Wildman–Crippen MR) is 136 cm³/mol. The average molecular weight is 469 g/mol. The second-order valence-corrected chi connectivity index (χ2v) is 9.76. The van der Waals surface area contributed by atoms with Gasteiger partial charge in [-0.1, -0.05) is 43.3 Å². The SMILES string of the molecule is CC1(Cc2c(F)ccc(-c3cc(-n4c5ccccc5c5ccccc54)ccn3)c2F)CCOCC1. The molecule has 0 spiro atoms. The van der Waals surface area contributed by atoms with E-state index in [1.807, 2.05) is 36.4 Å². The fraction of sp³-hybridized carbons (Fsp3) is 0.233. The van der Waals surface area contributed by atoms with Crippen molar-refractivity contribution in [1.29, 1.82) is 0 Å². The molecule has 5 heteroatoms. The summed E-state index contributed by atoms with van der Waals surface area (Å²) in [6, 6.07) is 23.2. The third-order valence-electron chi connectivity index (χ3n) is 7.35. The molecule has 35 heavy (non-hydrogen) atoms. The zero-order chi connectivity index (χ0) is 24.0. The lowest BCUT2D eigenvalue weighted by atomic mass is 9.76. The van der Waals surface area contributed by atoms with Gasteiger partial charge in [0.05, 0.1) is 16.7 Å². The van der Waals surface area contributed by atoms with Crippen molar-refractivity contribution in [3.05, 3.63) is 96.2 Å². The van der Waals surface area contributed by atoms with Gasteiger partial charge in [-0.2, -0.15) is 0 Å². The number of rotatable bonds is 4. The van der Waals surface area contributed by atoms with Gasteiger partial charge in [-0.05, 0) is 61.1 Å². The van der Waals surface area contributed by atoms with E-state index in [9.17, 15) is 4.39 Å². The van der Waals surface area contributed by atoms with Crippen LogP contribution in [0.25, 0.3) is 38.8 Å². The number of pyridine rings is 1. The monoisotopic (exact) mass is 468 g/mol. The summed E-state index contributed by atoms with van der Waals surface area (Å²) in [5.41, 5.74) is 3.78. The van der Waals surface area contributed by atoms with Crippen molar-refractivity contribution in [2.45, 2.75) is 26.2 Å². The number of benzene rings is 3. The molecule has 176 valence electrons. The van der Waals surface area contributed by atoms with Crippen LogP contribution in [0.3, 0.4) is 0 Å². The highest BCUT2D eigenvalue weighted by Crippen LogP contribution is 2.38. The van der Waals surface area contributed by atoms with Crippen LogP contribution < -0.4 is 0 Å². The molecule has 0 bridgehead atoms. The van der Waals surface area contributed by atoms with Crippen LogP contribution in [0.15, 0.2) is 79.0 Å². The van der Waals surface area contributed by atoms with E-state index in [1.165, 1.54) is 12.1 Å². The quantitative estimate of drug-likeness (QED) is 0.273. The number of fused-ring (bicyclic) bond motifs is 3. The number of para-hydroxylation sites is 2. The molecule has 0 N–H and O–H groups in total. The Morgan fingerprint density at radius 1 is 0.886 bits per heavy atom. The van der Waals surface area contributed by atoms with E-state index in [4.69, 9.17) is 4.74 Å². The molecular formula is C30H26F2N2O. The molecule has 3 heterocycles. The van der Waals surface area contributed by atoms with Crippen molar-refractivity contribution < 1.29 is 13.5 Å². The molecule has 1 saturated heterocycles. The van der Waals surface area contributed by atoms with E-state index in [1.54, 1.807) is 6.20 Å². The maximum absolute atomic E-state index is 15.8. The van der Waals surface area contributed by atoms with Gasteiger partial charge in [0.2, 0.25) is 0 Å². The Morgan fingerprint density at radius 3 is 2.23 bits per heavy atom. The Bertz CT molecular complexity index is 1500. The van der Waals surface area contributed by atoms with Crippen LogP contribution in [0, 0.1) is 17.0 Å². The van der Waals surface area contributed by atoms with Crippen molar-refractivity contribution >= 4 is 21.8 Å². The molecule has 2 aromatic heterocycles. The van der Waals surface area contributed by atoms with Gasteiger partial charge < -0.3 is 9.30 Å². The summed E-state index contributed by atoms with van der Waals surface area (Å²) >= 11 is 0. The van der Waals surface area contributed by atoms with Gasteiger partial charge in [-0.3, -0.25) is 4.98 Å². The first-order valence-corrected chi connectivity index (χ1v) is 12.0. The van der Waals surface area contributed by atoms with E-state index in [-0.39, 0.29) is 11.0 Å². The van der Waals surface area contributed by atoms with Crippen molar-refractivity contribution in [1.82, 2.24) is 9.55 Å². The van der Waals surface area contributed by atoms with Crippen LogP contribution in [0.1, 0.15) is 25.3 Å². The maximum Gasteiger partial charge on any atom is 0.138 e. The van der Waals surface area contributed by atoms with Gasteiger partial charge in [0.15, 0.2) is 0 Å². The normalized spacial score (nSPS) is 15.6. The largest absolute Gasteiger partial charge is 0.381 e. The van der Waals surface area contributed by atoms with Gasteiger partial charge in [0.25, 0.3) is 0 Å². The first kappa shape index (κ1) is 21.9. The van der Waals surface area contributed by atoms with E-state index in [2.05, 4.69) is 40.7 Å². The number of aromatic nitrogens is 2. The van der Waals surface area contributed by atoms with Crippen LogP contribution in [-0.2, 0) is 11.2 Å². The minimum Gasteiger partial charge on any atom is -0.381 e. The van der Waals surface area contributed by atoms with Crippen molar-refractivity contribution in [3.8, 4) is 16.9 Å². The number of nitrogens with zero attached hydrogens (tertiary/aromatic N) is 2. The summed E-state index contributed by atoms with van der Waals surface area (Å²) in [6.45, 7) is 3.34. The Morgan fingerprint density at radius 2 is 1.54 bits per heavy atom. The third kappa shape index (κ3) is 3.80. The number of halogens is 2. The second-order valence-electron chi connectivity index (χ2n) is 9.76. The zero-order valence-electron chi connectivity index (χ0n) is 19.6. The molecule has 0 amide bonds. The summed E-state index contributed by atoms with van der Waals surface area (Å²) in [4.78, 5) is 4.48. The molecule has 0 unspecified atom stereocenters. The molecule has 0 atom stereocenters. The fourth-order valence-electron chi connectivity index (χ4n) is 5.33. The molecule has 5 aromatic rings. The minimum absolute atomic E-state index is 0.135. The predicted octanol–water partition coefficient (Wildman–Crippen LogP) is 7.48. The van der Waals surface area contributed by atoms with Crippen LogP contribution in [-0.4, -0.2) is 22.8 Å². The second kappa shape index (κ2) is 8.58. The molecule has 1 aliphatic rings. The van der Waals surface area contributed by atoms with Crippen molar-refractivity contribution in [3.63, 3.8) is 0 Å². The molecule has 3 nitrogen and oxygen atoms in total. The van der Waals surface area contributed by atoms with E-state index in [0.29, 0.717) is 30.9 Å². The first-order chi connectivity index (χ1) is 17.0. The average Bonchev–Trinajstić information content (AvgIpc) is 3.22. The number of ether oxygens (including phenoxy) is 1. The Kier molecular flexibility index (Phi) is 5.37. The van der Waals surface area contributed by atoms with Gasteiger partial charge >= 0.3 is 0 Å². The highest BCUT2D eigenvalue weighted by molar-refractivity contribution is 6.09. The Hall–Kier alpha value is -3.57. The van der Waals surface area contributed by atoms with Gasteiger partial charge in [-0.15, -0.1) is 0 Å². The molecular weight excluding hydrogens is 442 g/mol. The summed E-state index contributed by atoms with van der Waals surface area (Å²) in [5, 5.41) is 2.31. The molecule has 1 fully saturated rings. The molecule has 0 saturated carbocycles. The van der Waals surface area contributed by atoms with Crippen LogP contribution in [0.5, 0.6) is 0 Å². The third-order valence-corrected chi connectivity index (χ3v) is 7.35. The maximum atomic E-state index is 15.8. The van der Waals surface area contributed by atoms with Gasteiger partial charge in [0.1, 0.15) is 11.6 Å². The Balaban J connectivity index is 1.47.